The van der Waals surface area contributed by atoms with Crippen LogP contribution in [0.15, 0.2) is 84.9 Å². The quantitative estimate of drug-likeness (QED) is 0.175. The molecule has 3 aliphatic rings. The van der Waals surface area contributed by atoms with Gasteiger partial charge in [-0.15, -0.1) is 0 Å². The van der Waals surface area contributed by atoms with Crippen molar-refractivity contribution in [2.45, 2.75) is 118 Å². The molecule has 0 fully saturated rings. The van der Waals surface area contributed by atoms with Crippen molar-refractivity contribution in [3.05, 3.63) is 107 Å². The summed E-state index contributed by atoms with van der Waals surface area (Å²) >= 11 is 0. The number of para-hydroxylation sites is 2. The fraction of sp³-hybridized carbons (Fsp3) is 0.417. The predicted molar refractivity (Wildman–Crippen MR) is 216 cm³/mol. The van der Waals surface area contributed by atoms with Gasteiger partial charge in [0, 0.05) is 32.9 Å². The lowest BCUT2D eigenvalue weighted by atomic mass is 9.59. The average molecular weight is 659 g/mol. The molecule has 0 saturated carbocycles. The zero-order chi connectivity index (χ0) is 35.6. The Labute approximate surface area is 298 Å². The Kier molecular flexibility index (Phi) is 6.02. The number of nitrogens with zero attached hydrogens (tertiary/aromatic N) is 2. The van der Waals surface area contributed by atoms with E-state index in [9.17, 15) is 0 Å². The molecule has 4 aromatic carbocycles. The first-order valence-corrected chi connectivity index (χ1v) is 18.9. The molecule has 6 aromatic rings. The minimum atomic E-state index is 0.0433. The highest BCUT2D eigenvalue weighted by molar-refractivity contribution is 6.12. The highest BCUT2D eigenvalue weighted by atomic mass is 15.0. The third-order valence-corrected chi connectivity index (χ3v) is 16.2. The number of allylic oxidation sites excluding steroid dienone is 4. The summed E-state index contributed by atoms with van der Waals surface area (Å²) < 4.78 is 5.16. The summed E-state index contributed by atoms with van der Waals surface area (Å²) in [5, 5.41) is 5.45. The van der Waals surface area contributed by atoms with Crippen molar-refractivity contribution in [3.8, 4) is 0 Å². The summed E-state index contributed by atoms with van der Waals surface area (Å²) in [7, 11) is 0. The van der Waals surface area contributed by atoms with Crippen molar-refractivity contribution < 1.29 is 0 Å². The Balaban J connectivity index is 1.33. The second kappa shape index (κ2) is 9.44. The van der Waals surface area contributed by atoms with Gasteiger partial charge in [0.25, 0.3) is 0 Å². The van der Waals surface area contributed by atoms with Crippen molar-refractivity contribution >= 4 is 55.0 Å². The monoisotopic (exact) mass is 658 g/mol. The van der Waals surface area contributed by atoms with E-state index >= 15 is 0 Å². The lowest BCUT2D eigenvalue weighted by Crippen LogP contribution is -2.42. The molecule has 2 heteroatoms. The fourth-order valence-corrected chi connectivity index (χ4v) is 10.6. The van der Waals surface area contributed by atoms with E-state index in [1.807, 2.05) is 0 Å². The first-order chi connectivity index (χ1) is 23.4. The van der Waals surface area contributed by atoms with E-state index in [0.717, 1.165) is 12.8 Å². The van der Waals surface area contributed by atoms with Gasteiger partial charge >= 0.3 is 0 Å². The summed E-state index contributed by atoms with van der Waals surface area (Å²) in [6, 6.07) is 28.2. The van der Waals surface area contributed by atoms with Gasteiger partial charge in [-0.1, -0.05) is 119 Å². The summed E-state index contributed by atoms with van der Waals surface area (Å²) in [5.41, 5.74) is 14.5. The predicted octanol–water partition coefficient (Wildman–Crippen LogP) is 13.3. The van der Waals surface area contributed by atoms with Crippen LogP contribution in [0.1, 0.15) is 118 Å². The molecule has 256 valence electrons. The summed E-state index contributed by atoms with van der Waals surface area (Å²) in [4.78, 5) is 0. The van der Waals surface area contributed by atoms with E-state index in [0.29, 0.717) is 0 Å². The van der Waals surface area contributed by atoms with Crippen LogP contribution in [0.2, 0.25) is 0 Å². The SMILES string of the molecule is CC1(C)c2cc3c4cc5c(cc4n(C4=CC=C(n6c7ccccc7c7ccccc76)CC4)c3cc2C(C)(C)C1(C)C)C(C)(C)C(C)(C)C5(C)C. The number of hydrogen-bond donors (Lipinski definition) is 0. The first-order valence-electron chi connectivity index (χ1n) is 18.9. The molecule has 0 N–H and O–H groups in total. The van der Waals surface area contributed by atoms with Crippen molar-refractivity contribution in [2.75, 3.05) is 0 Å². The smallest absolute Gasteiger partial charge is 0.0541 e. The second-order valence-corrected chi connectivity index (χ2v) is 19.1. The molecule has 0 amide bonds. The largest absolute Gasteiger partial charge is 0.313 e. The van der Waals surface area contributed by atoms with Crippen LogP contribution in [-0.2, 0) is 21.7 Å². The maximum Gasteiger partial charge on any atom is 0.0541 e. The number of rotatable bonds is 2. The normalized spacial score (nSPS) is 22.2. The van der Waals surface area contributed by atoms with Gasteiger partial charge in [0.15, 0.2) is 0 Å². The third kappa shape index (κ3) is 3.51. The molecule has 0 radical (unpaired) electrons. The van der Waals surface area contributed by atoms with Gasteiger partial charge < -0.3 is 9.13 Å². The van der Waals surface area contributed by atoms with Gasteiger partial charge in [-0.05, 0) is 116 Å². The van der Waals surface area contributed by atoms with E-state index < -0.39 is 0 Å². The maximum absolute atomic E-state index is 2.66. The van der Waals surface area contributed by atoms with Crippen molar-refractivity contribution in [1.82, 2.24) is 9.13 Å². The summed E-state index contributed by atoms with van der Waals surface area (Å²) in [6.45, 7) is 29.7. The minimum Gasteiger partial charge on any atom is -0.313 e. The molecule has 0 aliphatic heterocycles. The first kappa shape index (κ1) is 31.9. The van der Waals surface area contributed by atoms with Crippen LogP contribution in [0.25, 0.3) is 55.0 Å². The number of aromatic nitrogens is 2. The van der Waals surface area contributed by atoms with Crippen LogP contribution in [0.5, 0.6) is 0 Å². The van der Waals surface area contributed by atoms with E-state index in [2.05, 4.69) is 177 Å². The molecular formula is C48H54N2. The molecule has 0 bridgehead atoms. The van der Waals surface area contributed by atoms with Gasteiger partial charge in [-0.3, -0.25) is 0 Å². The van der Waals surface area contributed by atoms with Crippen LogP contribution in [0, 0.1) is 10.8 Å². The van der Waals surface area contributed by atoms with E-state index in [1.54, 1.807) is 0 Å². The van der Waals surface area contributed by atoms with Gasteiger partial charge in [0.05, 0.1) is 22.1 Å². The number of benzene rings is 4. The number of fused-ring (bicyclic) bond motifs is 8. The molecule has 0 spiro atoms. The molecule has 2 nitrogen and oxygen atoms in total. The molecule has 50 heavy (non-hydrogen) atoms. The van der Waals surface area contributed by atoms with Gasteiger partial charge in [0.1, 0.15) is 0 Å². The Morgan fingerprint density at radius 1 is 0.380 bits per heavy atom. The van der Waals surface area contributed by atoms with Crippen molar-refractivity contribution in [3.63, 3.8) is 0 Å². The Bertz CT molecular complexity index is 2370. The van der Waals surface area contributed by atoms with Crippen molar-refractivity contribution in [2.24, 2.45) is 10.8 Å². The lowest BCUT2D eigenvalue weighted by Gasteiger charge is -2.44. The molecule has 0 unspecified atom stereocenters. The van der Waals surface area contributed by atoms with E-state index in [1.165, 1.54) is 77.3 Å². The van der Waals surface area contributed by atoms with Crippen LogP contribution in [-0.4, -0.2) is 9.13 Å². The van der Waals surface area contributed by atoms with Crippen molar-refractivity contribution in [1.29, 1.82) is 0 Å². The Hall–Kier alpha value is -4.04. The lowest BCUT2D eigenvalue weighted by molar-refractivity contribution is 0.125. The minimum absolute atomic E-state index is 0.0433. The second-order valence-electron chi connectivity index (χ2n) is 19.1. The molecule has 0 atom stereocenters. The molecule has 9 rings (SSSR count). The van der Waals surface area contributed by atoms with Gasteiger partial charge in [0.2, 0.25) is 0 Å². The van der Waals surface area contributed by atoms with E-state index in [-0.39, 0.29) is 32.5 Å². The van der Waals surface area contributed by atoms with Crippen LogP contribution in [0.3, 0.4) is 0 Å². The topological polar surface area (TPSA) is 9.86 Å². The van der Waals surface area contributed by atoms with Crippen LogP contribution >= 0.6 is 0 Å². The molecule has 3 aliphatic carbocycles. The molecule has 0 saturated heterocycles. The highest BCUT2D eigenvalue weighted by Gasteiger charge is 2.58. The van der Waals surface area contributed by atoms with E-state index in [4.69, 9.17) is 0 Å². The molecular weight excluding hydrogens is 605 g/mol. The molecule has 2 heterocycles. The van der Waals surface area contributed by atoms with Gasteiger partial charge in [-0.2, -0.15) is 0 Å². The Morgan fingerprint density at radius 2 is 0.700 bits per heavy atom. The van der Waals surface area contributed by atoms with Crippen LogP contribution < -0.4 is 0 Å². The number of hydrogen-bond acceptors (Lipinski definition) is 0. The fourth-order valence-electron chi connectivity index (χ4n) is 10.6. The van der Waals surface area contributed by atoms with Crippen LogP contribution in [0.4, 0.5) is 0 Å². The summed E-state index contributed by atoms with van der Waals surface area (Å²) in [5.74, 6) is 0. The highest BCUT2D eigenvalue weighted by Crippen LogP contribution is 2.64. The summed E-state index contributed by atoms with van der Waals surface area (Å²) in [6.07, 6.45) is 6.81. The van der Waals surface area contributed by atoms with Gasteiger partial charge in [-0.25, -0.2) is 0 Å². The average Bonchev–Trinajstić information content (AvgIpc) is 3.64. The third-order valence-electron chi connectivity index (χ3n) is 16.2. The maximum atomic E-state index is 2.66. The standard InChI is InChI=1S/C48H54N2/c1-43(2)35-25-33-34-26-36-38(46(7,8)48(11,12)44(36,3)4)28-42(34)50(41(33)27-37(35)45(5,6)47(43,9)10)30-23-21-29(22-24-30)49-39-19-15-13-17-31(39)32-18-14-16-20-40(32)49/h13-21,23,25-28H,22,24H2,1-12H3. The zero-order valence-corrected chi connectivity index (χ0v) is 32.4. The molecule has 2 aromatic heterocycles. The zero-order valence-electron chi connectivity index (χ0n) is 32.4. The Morgan fingerprint density at radius 3 is 1.06 bits per heavy atom.